The van der Waals surface area contributed by atoms with Crippen LogP contribution in [-0.4, -0.2) is 37.1 Å². The Balaban J connectivity index is 4.35. The van der Waals surface area contributed by atoms with Gasteiger partial charge in [0.1, 0.15) is 0 Å². The number of hydrogen-bond donors (Lipinski definition) is 1. The molecule has 0 aliphatic rings. The largest absolute Gasteiger partial charge is 0.312 e. The van der Waals surface area contributed by atoms with E-state index in [9.17, 15) is 0 Å². The summed E-state index contributed by atoms with van der Waals surface area (Å²) < 4.78 is 0. The molecule has 0 aromatic heterocycles. The summed E-state index contributed by atoms with van der Waals surface area (Å²) in [4.78, 5) is 2.41. The van der Waals surface area contributed by atoms with E-state index in [-0.39, 0.29) is 5.54 Å². The highest BCUT2D eigenvalue weighted by molar-refractivity contribution is 4.94. The smallest absolute Gasteiger partial charge is 0.0325 e. The highest BCUT2D eigenvalue weighted by Crippen LogP contribution is 2.25. The maximum atomic E-state index is 3.79. The monoisotopic (exact) mass is 270 g/mol. The lowest BCUT2D eigenvalue weighted by Crippen LogP contribution is -2.56. The highest BCUT2D eigenvalue weighted by atomic mass is 15.2. The van der Waals surface area contributed by atoms with Crippen molar-refractivity contribution in [2.24, 2.45) is 0 Å². The van der Waals surface area contributed by atoms with Gasteiger partial charge < -0.3 is 10.2 Å². The fraction of sp³-hybridized carbons (Fsp3) is 1.00. The summed E-state index contributed by atoms with van der Waals surface area (Å²) in [6, 6.07) is 0.620. The molecule has 0 rings (SSSR count). The number of likely N-dealkylation sites (N-methyl/N-ethyl adjacent to an activating group) is 1. The van der Waals surface area contributed by atoms with Gasteiger partial charge in [-0.3, -0.25) is 0 Å². The summed E-state index contributed by atoms with van der Waals surface area (Å²) in [5.41, 5.74) is 0.278. The molecule has 0 spiro atoms. The van der Waals surface area contributed by atoms with Crippen LogP contribution in [0.4, 0.5) is 0 Å². The summed E-state index contributed by atoms with van der Waals surface area (Å²) >= 11 is 0. The van der Waals surface area contributed by atoms with E-state index in [0.29, 0.717) is 6.04 Å². The van der Waals surface area contributed by atoms with E-state index in [1.807, 2.05) is 0 Å². The number of unbranched alkanes of at least 4 members (excludes halogenated alkanes) is 4. The SMILES string of the molecule is CCCCCCCC(NCCC)C(C)(CC)N(C)C. The Morgan fingerprint density at radius 2 is 1.58 bits per heavy atom. The number of nitrogens with one attached hydrogen (secondary N) is 1. The van der Waals surface area contributed by atoms with Crippen LogP contribution in [0.25, 0.3) is 0 Å². The van der Waals surface area contributed by atoms with Gasteiger partial charge in [-0.05, 0) is 46.8 Å². The quantitative estimate of drug-likeness (QED) is 0.527. The Bertz CT molecular complexity index is 203. The van der Waals surface area contributed by atoms with Gasteiger partial charge in [0.05, 0.1) is 0 Å². The summed E-state index contributed by atoms with van der Waals surface area (Å²) in [5.74, 6) is 0. The van der Waals surface area contributed by atoms with Crippen LogP contribution in [0.3, 0.4) is 0 Å². The lowest BCUT2D eigenvalue weighted by atomic mass is 9.84. The predicted octanol–water partition coefficient (Wildman–Crippen LogP) is 4.45. The average Bonchev–Trinajstić information content (AvgIpc) is 2.40. The highest BCUT2D eigenvalue weighted by Gasteiger charge is 2.33. The Labute approximate surface area is 122 Å². The van der Waals surface area contributed by atoms with E-state index in [4.69, 9.17) is 0 Å². The van der Waals surface area contributed by atoms with Crippen molar-refractivity contribution >= 4 is 0 Å². The van der Waals surface area contributed by atoms with Crippen molar-refractivity contribution in [1.82, 2.24) is 10.2 Å². The van der Waals surface area contributed by atoms with Gasteiger partial charge in [0, 0.05) is 11.6 Å². The minimum Gasteiger partial charge on any atom is -0.312 e. The number of hydrogen-bond acceptors (Lipinski definition) is 2. The van der Waals surface area contributed by atoms with Crippen molar-refractivity contribution in [3.8, 4) is 0 Å². The number of rotatable bonds is 12. The van der Waals surface area contributed by atoms with Crippen molar-refractivity contribution in [3.05, 3.63) is 0 Å². The van der Waals surface area contributed by atoms with E-state index < -0.39 is 0 Å². The van der Waals surface area contributed by atoms with Crippen molar-refractivity contribution in [2.75, 3.05) is 20.6 Å². The molecule has 19 heavy (non-hydrogen) atoms. The topological polar surface area (TPSA) is 15.3 Å². The molecule has 0 heterocycles. The zero-order valence-electron chi connectivity index (χ0n) is 14.4. The zero-order valence-corrected chi connectivity index (χ0v) is 14.4. The average molecular weight is 271 g/mol. The van der Waals surface area contributed by atoms with Crippen LogP contribution < -0.4 is 5.32 Å². The molecule has 0 radical (unpaired) electrons. The molecule has 0 saturated heterocycles. The summed E-state index contributed by atoms with van der Waals surface area (Å²) in [7, 11) is 4.45. The van der Waals surface area contributed by atoms with Crippen molar-refractivity contribution in [3.63, 3.8) is 0 Å². The van der Waals surface area contributed by atoms with Crippen LogP contribution in [0.5, 0.6) is 0 Å². The van der Waals surface area contributed by atoms with E-state index in [2.05, 4.69) is 52.0 Å². The Kier molecular flexibility index (Phi) is 10.6. The summed E-state index contributed by atoms with van der Waals surface area (Å²) in [5, 5.41) is 3.79. The van der Waals surface area contributed by atoms with Crippen molar-refractivity contribution < 1.29 is 0 Å². The molecule has 2 nitrogen and oxygen atoms in total. The molecule has 2 atom stereocenters. The van der Waals surface area contributed by atoms with Crippen LogP contribution in [-0.2, 0) is 0 Å². The van der Waals surface area contributed by atoms with Crippen molar-refractivity contribution in [1.29, 1.82) is 0 Å². The van der Waals surface area contributed by atoms with Crippen LogP contribution in [0.15, 0.2) is 0 Å². The fourth-order valence-corrected chi connectivity index (χ4v) is 2.78. The molecular formula is C17H38N2. The molecule has 0 saturated carbocycles. The van der Waals surface area contributed by atoms with E-state index in [1.54, 1.807) is 0 Å². The molecular weight excluding hydrogens is 232 g/mol. The van der Waals surface area contributed by atoms with Gasteiger partial charge in [-0.25, -0.2) is 0 Å². The Morgan fingerprint density at radius 3 is 2.05 bits per heavy atom. The fourth-order valence-electron chi connectivity index (χ4n) is 2.78. The maximum absolute atomic E-state index is 3.79. The van der Waals surface area contributed by atoms with E-state index in [1.165, 1.54) is 51.4 Å². The van der Waals surface area contributed by atoms with Gasteiger partial charge in [0.25, 0.3) is 0 Å². The second-order valence-electron chi connectivity index (χ2n) is 6.31. The van der Waals surface area contributed by atoms with Crippen LogP contribution in [0.2, 0.25) is 0 Å². The summed E-state index contributed by atoms with van der Waals surface area (Å²) in [6.45, 7) is 10.4. The van der Waals surface area contributed by atoms with Gasteiger partial charge in [-0.1, -0.05) is 52.9 Å². The molecule has 0 fully saturated rings. The molecule has 116 valence electrons. The van der Waals surface area contributed by atoms with E-state index in [0.717, 1.165) is 6.54 Å². The maximum Gasteiger partial charge on any atom is 0.0325 e. The zero-order chi connectivity index (χ0) is 14.7. The minimum absolute atomic E-state index is 0.278. The molecule has 0 bridgehead atoms. The molecule has 2 heteroatoms. The normalized spacial score (nSPS) is 16.6. The molecule has 0 aliphatic carbocycles. The third-order valence-corrected chi connectivity index (χ3v) is 4.73. The molecule has 0 aromatic rings. The second kappa shape index (κ2) is 10.7. The first-order valence-electron chi connectivity index (χ1n) is 8.43. The third-order valence-electron chi connectivity index (χ3n) is 4.73. The van der Waals surface area contributed by atoms with Crippen LogP contribution in [0.1, 0.15) is 79.1 Å². The van der Waals surface area contributed by atoms with Gasteiger partial charge in [0.2, 0.25) is 0 Å². The molecule has 0 amide bonds. The summed E-state index contributed by atoms with van der Waals surface area (Å²) in [6.07, 6.45) is 10.6. The van der Waals surface area contributed by atoms with Gasteiger partial charge in [-0.15, -0.1) is 0 Å². The third kappa shape index (κ3) is 6.76. The predicted molar refractivity (Wildman–Crippen MR) is 87.8 cm³/mol. The van der Waals surface area contributed by atoms with Crippen molar-refractivity contribution in [2.45, 2.75) is 90.6 Å². The Morgan fingerprint density at radius 1 is 0.947 bits per heavy atom. The standard InChI is InChI=1S/C17H38N2/c1-7-10-11-12-13-14-16(18-15-8-2)17(4,9-3)19(5)6/h16,18H,7-15H2,1-6H3. The van der Waals surface area contributed by atoms with Gasteiger partial charge >= 0.3 is 0 Å². The molecule has 0 aliphatic heterocycles. The van der Waals surface area contributed by atoms with E-state index >= 15 is 0 Å². The van der Waals surface area contributed by atoms with Crippen LogP contribution >= 0.6 is 0 Å². The second-order valence-corrected chi connectivity index (χ2v) is 6.31. The lowest BCUT2D eigenvalue weighted by molar-refractivity contribution is 0.106. The van der Waals surface area contributed by atoms with Gasteiger partial charge in [-0.2, -0.15) is 0 Å². The molecule has 1 N–H and O–H groups in total. The first-order valence-corrected chi connectivity index (χ1v) is 8.43. The van der Waals surface area contributed by atoms with Crippen LogP contribution in [0, 0.1) is 0 Å². The first kappa shape index (κ1) is 18.9. The van der Waals surface area contributed by atoms with Gasteiger partial charge in [0.15, 0.2) is 0 Å². The molecule has 2 unspecified atom stereocenters. The Hall–Kier alpha value is -0.0800. The number of nitrogens with zero attached hydrogens (tertiary/aromatic N) is 1. The first-order chi connectivity index (χ1) is 9.02. The molecule has 0 aromatic carbocycles. The lowest BCUT2D eigenvalue weighted by Gasteiger charge is -2.43. The minimum atomic E-state index is 0.278.